The zero-order chi connectivity index (χ0) is 16.6. The fourth-order valence-corrected chi connectivity index (χ4v) is 4.58. The maximum Gasteiger partial charge on any atom is 0.271 e. The van der Waals surface area contributed by atoms with Crippen LogP contribution in [0, 0.1) is 0 Å². The van der Waals surface area contributed by atoms with Gasteiger partial charge in [0.25, 0.3) is 10.0 Å². The minimum Gasteiger partial charge on any atom is -0.352 e. The van der Waals surface area contributed by atoms with Crippen LogP contribution in [0.5, 0.6) is 0 Å². The fraction of sp³-hybridized carbons (Fsp3) is 0. The van der Waals surface area contributed by atoms with Crippen LogP contribution in [0.1, 0.15) is 0 Å². The topological polar surface area (TPSA) is 74.8 Å². The summed E-state index contributed by atoms with van der Waals surface area (Å²) < 4.78 is 27.9. The van der Waals surface area contributed by atoms with Crippen molar-refractivity contribution in [2.75, 3.05) is 4.72 Å². The highest BCUT2D eigenvalue weighted by Crippen LogP contribution is 2.29. The first-order valence-corrected chi connectivity index (χ1v) is 9.59. The van der Waals surface area contributed by atoms with Gasteiger partial charge in [0.05, 0.1) is 22.6 Å². The molecule has 7 heteroatoms. The van der Waals surface area contributed by atoms with E-state index in [2.05, 4.69) is 14.7 Å². The van der Waals surface area contributed by atoms with Gasteiger partial charge in [-0.3, -0.25) is 9.71 Å². The largest absolute Gasteiger partial charge is 0.352 e. The molecule has 24 heavy (non-hydrogen) atoms. The third-order valence-electron chi connectivity index (χ3n) is 3.60. The van der Waals surface area contributed by atoms with Gasteiger partial charge in [0.2, 0.25) is 0 Å². The number of nitrogens with one attached hydrogen (secondary N) is 2. The van der Waals surface area contributed by atoms with Gasteiger partial charge in [0, 0.05) is 11.6 Å². The number of hydrogen-bond acceptors (Lipinski definition) is 4. The number of thiophene rings is 1. The van der Waals surface area contributed by atoms with Crippen LogP contribution in [0.3, 0.4) is 0 Å². The second-order valence-corrected chi connectivity index (χ2v) is 8.06. The van der Waals surface area contributed by atoms with Crippen LogP contribution in [-0.4, -0.2) is 18.4 Å². The van der Waals surface area contributed by atoms with Crippen LogP contribution in [-0.2, 0) is 10.0 Å². The number of rotatable bonds is 4. The van der Waals surface area contributed by atoms with E-state index in [-0.39, 0.29) is 4.21 Å². The minimum atomic E-state index is -3.58. The Bertz CT molecular complexity index is 1090. The Morgan fingerprint density at radius 1 is 1.04 bits per heavy atom. The van der Waals surface area contributed by atoms with Crippen molar-refractivity contribution < 1.29 is 8.42 Å². The number of sulfonamides is 1. The first kappa shape index (κ1) is 14.9. The summed E-state index contributed by atoms with van der Waals surface area (Å²) in [5.41, 5.74) is 2.90. The average Bonchev–Trinajstić information content (AvgIpc) is 3.26. The summed E-state index contributed by atoms with van der Waals surface area (Å²) in [6.45, 7) is 0. The SMILES string of the molecule is O=S(=O)(Nc1cccc2cc(-c3ccccn3)[nH]c12)c1cccs1. The summed E-state index contributed by atoms with van der Waals surface area (Å²) in [7, 11) is -3.58. The molecule has 0 spiro atoms. The van der Waals surface area contributed by atoms with Crippen molar-refractivity contribution in [3.05, 3.63) is 66.2 Å². The Morgan fingerprint density at radius 3 is 2.71 bits per heavy atom. The molecule has 0 bridgehead atoms. The van der Waals surface area contributed by atoms with Crippen molar-refractivity contribution in [2.45, 2.75) is 4.21 Å². The lowest BCUT2D eigenvalue weighted by Crippen LogP contribution is -2.11. The third kappa shape index (κ3) is 2.68. The second kappa shape index (κ2) is 5.77. The van der Waals surface area contributed by atoms with Gasteiger partial charge < -0.3 is 4.98 Å². The summed E-state index contributed by atoms with van der Waals surface area (Å²) in [5.74, 6) is 0. The fourth-order valence-electron chi connectivity index (χ4n) is 2.51. The van der Waals surface area contributed by atoms with Crippen LogP contribution in [0.25, 0.3) is 22.3 Å². The van der Waals surface area contributed by atoms with Crippen molar-refractivity contribution in [1.82, 2.24) is 9.97 Å². The molecule has 4 rings (SSSR count). The smallest absolute Gasteiger partial charge is 0.271 e. The quantitative estimate of drug-likeness (QED) is 0.579. The van der Waals surface area contributed by atoms with E-state index in [0.29, 0.717) is 5.69 Å². The van der Waals surface area contributed by atoms with Gasteiger partial charge in [-0.05, 0) is 35.7 Å². The standard InChI is InChI=1S/C17H13N3O2S2/c21-24(22,16-8-4-10-23-16)20-14-7-3-5-12-11-15(19-17(12)14)13-6-1-2-9-18-13/h1-11,19-20H. The number of H-pyrrole nitrogens is 1. The Kier molecular flexibility index (Phi) is 3.59. The number of hydrogen-bond donors (Lipinski definition) is 2. The van der Waals surface area contributed by atoms with Crippen LogP contribution in [0.15, 0.2) is 70.4 Å². The zero-order valence-corrected chi connectivity index (χ0v) is 14.1. The minimum absolute atomic E-state index is 0.288. The molecule has 0 aliphatic rings. The Labute approximate surface area is 143 Å². The van der Waals surface area contributed by atoms with Gasteiger partial charge in [-0.2, -0.15) is 0 Å². The van der Waals surface area contributed by atoms with Crippen molar-refractivity contribution in [3.8, 4) is 11.4 Å². The molecule has 0 saturated carbocycles. The zero-order valence-electron chi connectivity index (χ0n) is 12.4. The van der Waals surface area contributed by atoms with Gasteiger partial charge in [0.1, 0.15) is 4.21 Å². The lowest BCUT2D eigenvalue weighted by atomic mass is 10.2. The van der Waals surface area contributed by atoms with E-state index in [4.69, 9.17) is 0 Å². The van der Waals surface area contributed by atoms with Crippen LogP contribution < -0.4 is 4.72 Å². The summed E-state index contributed by atoms with van der Waals surface area (Å²) >= 11 is 1.19. The molecule has 0 aliphatic carbocycles. The molecular formula is C17H13N3O2S2. The van der Waals surface area contributed by atoms with E-state index >= 15 is 0 Å². The highest BCUT2D eigenvalue weighted by molar-refractivity contribution is 7.94. The first-order chi connectivity index (χ1) is 11.6. The highest BCUT2D eigenvalue weighted by atomic mass is 32.2. The van der Waals surface area contributed by atoms with Crippen LogP contribution in [0.4, 0.5) is 5.69 Å². The van der Waals surface area contributed by atoms with E-state index in [1.807, 2.05) is 36.4 Å². The van der Waals surface area contributed by atoms with Gasteiger partial charge in [-0.1, -0.05) is 24.3 Å². The molecule has 3 aromatic heterocycles. The molecule has 1 aromatic carbocycles. The Morgan fingerprint density at radius 2 is 1.96 bits per heavy atom. The van der Waals surface area contributed by atoms with Crippen molar-refractivity contribution in [2.24, 2.45) is 0 Å². The second-order valence-electron chi connectivity index (χ2n) is 5.21. The van der Waals surface area contributed by atoms with E-state index in [1.165, 1.54) is 11.3 Å². The molecule has 0 aliphatic heterocycles. The molecule has 0 amide bonds. The molecule has 0 unspecified atom stereocenters. The van der Waals surface area contributed by atoms with E-state index in [0.717, 1.165) is 22.3 Å². The number of pyridine rings is 1. The molecule has 0 saturated heterocycles. The molecule has 5 nitrogen and oxygen atoms in total. The predicted molar refractivity (Wildman–Crippen MR) is 96.7 cm³/mol. The molecule has 4 aromatic rings. The highest BCUT2D eigenvalue weighted by Gasteiger charge is 2.17. The summed E-state index contributed by atoms with van der Waals surface area (Å²) in [6.07, 6.45) is 1.72. The van der Waals surface area contributed by atoms with Crippen LogP contribution in [0.2, 0.25) is 0 Å². The molecule has 120 valence electrons. The molecule has 0 atom stereocenters. The number of fused-ring (bicyclic) bond motifs is 1. The lowest BCUT2D eigenvalue weighted by Gasteiger charge is -2.07. The predicted octanol–water partition coefficient (Wildman–Crippen LogP) is 4.09. The van der Waals surface area contributed by atoms with Crippen molar-refractivity contribution in [3.63, 3.8) is 0 Å². The summed E-state index contributed by atoms with van der Waals surface area (Å²) in [6, 6.07) is 16.4. The van der Waals surface area contributed by atoms with E-state index in [1.54, 1.807) is 29.8 Å². The summed E-state index contributed by atoms with van der Waals surface area (Å²) in [5, 5.41) is 2.66. The molecule has 0 radical (unpaired) electrons. The van der Waals surface area contributed by atoms with Gasteiger partial charge in [-0.25, -0.2) is 8.42 Å². The molecule has 2 N–H and O–H groups in total. The Balaban J connectivity index is 1.78. The van der Waals surface area contributed by atoms with Gasteiger partial charge in [-0.15, -0.1) is 11.3 Å². The molecular weight excluding hydrogens is 342 g/mol. The van der Waals surface area contributed by atoms with E-state index in [9.17, 15) is 8.42 Å². The average molecular weight is 355 g/mol. The Hall–Kier alpha value is -2.64. The van der Waals surface area contributed by atoms with Gasteiger partial charge >= 0.3 is 0 Å². The van der Waals surface area contributed by atoms with Crippen molar-refractivity contribution >= 4 is 38.0 Å². The molecule has 0 fully saturated rings. The van der Waals surface area contributed by atoms with Crippen molar-refractivity contribution in [1.29, 1.82) is 0 Å². The number of aromatic amines is 1. The first-order valence-electron chi connectivity index (χ1n) is 7.23. The maximum atomic E-state index is 12.5. The maximum absolute atomic E-state index is 12.5. The van der Waals surface area contributed by atoms with Gasteiger partial charge in [0.15, 0.2) is 0 Å². The number of benzene rings is 1. The monoisotopic (exact) mass is 355 g/mol. The number of nitrogens with zero attached hydrogens (tertiary/aromatic N) is 1. The molecule has 3 heterocycles. The number of anilines is 1. The number of aromatic nitrogens is 2. The number of para-hydroxylation sites is 1. The van der Waals surface area contributed by atoms with E-state index < -0.39 is 10.0 Å². The lowest BCUT2D eigenvalue weighted by molar-refractivity contribution is 0.603. The third-order valence-corrected chi connectivity index (χ3v) is 6.36. The summed E-state index contributed by atoms with van der Waals surface area (Å²) in [4.78, 5) is 7.58. The van der Waals surface area contributed by atoms with Crippen LogP contribution >= 0.6 is 11.3 Å². The normalized spacial score (nSPS) is 11.7.